The lowest BCUT2D eigenvalue weighted by Gasteiger charge is -2.24. The van der Waals surface area contributed by atoms with Crippen molar-refractivity contribution >= 4 is 56.6 Å². The van der Waals surface area contributed by atoms with Gasteiger partial charge in [-0.2, -0.15) is 0 Å². The van der Waals surface area contributed by atoms with Gasteiger partial charge in [0.2, 0.25) is 5.91 Å². The first-order chi connectivity index (χ1) is 15.8. The van der Waals surface area contributed by atoms with Crippen LogP contribution >= 0.6 is 27.3 Å². The van der Waals surface area contributed by atoms with E-state index in [2.05, 4.69) is 21.2 Å². The Balaban J connectivity index is 1.45. The van der Waals surface area contributed by atoms with Gasteiger partial charge in [0.05, 0.1) is 21.8 Å². The van der Waals surface area contributed by atoms with Gasteiger partial charge in [0.15, 0.2) is 0 Å². The number of likely N-dealkylation sites (tertiary alicyclic amines) is 1. The fourth-order valence-corrected chi connectivity index (χ4v) is 5.64. The minimum atomic E-state index is -0.560. The number of carbonyl (C=O) groups excluding carboxylic acids is 4. The molecule has 0 radical (unpaired) electrons. The molecule has 3 amide bonds. The first kappa shape index (κ1) is 23.4. The molecule has 0 spiro atoms. The molecule has 2 aromatic rings. The van der Waals surface area contributed by atoms with Crippen LogP contribution in [-0.4, -0.2) is 60.9 Å². The number of hydrogen-bond acceptors (Lipinski definition) is 6. The standard InChI is InChI=1S/C23H24BrN3O5S/c1-13-10-15(5-6-16(13)22(30)26-9-3-4-17(26)23(31)32-2)27-12-14(11-20(27)28)25-21(29)18-7-8-19(24)33-18/h5-8,10,14,17H,3-4,9,11-12H2,1-2H3,(H,25,29). The topological polar surface area (TPSA) is 96.0 Å². The third kappa shape index (κ3) is 4.81. The Morgan fingerprint density at radius 3 is 2.67 bits per heavy atom. The molecule has 10 heteroatoms. The van der Waals surface area contributed by atoms with Crippen LogP contribution < -0.4 is 10.2 Å². The molecule has 0 bridgehead atoms. The minimum Gasteiger partial charge on any atom is -0.467 e. The molecule has 4 rings (SSSR count). The van der Waals surface area contributed by atoms with Gasteiger partial charge < -0.3 is 19.9 Å². The largest absolute Gasteiger partial charge is 0.467 e. The van der Waals surface area contributed by atoms with Crippen LogP contribution in [0, 0.1) is 6.92 Å². The second-order valence-corrected chi connectivity index (χ2v) is 10.6. The van der Waals surface area contributed by atoms with Crippen LogP contribution in [-0.2, 0) is 14.3 Å². The molecule has 1 N–H and O–H groups in total. The van der Waals surface area contributed by atoms with E-state index < -0.39 is 12.0 Å². The van der Waals surface area contributed by atoms with Crippen molar-refractivity contribution in [2.75, 3.05) is 25.1 Å². The highest BCUT2D eigenvalue weighted by atomic mass is 79.9. The van der Waals surface area contributed by atoms with Gasteiger partial charge in [0.1, 0.15) is 6.04 Å². The Hall–Kier alpha value is -2.72. The third-order valence-electron chi connectivity index (χ3n) is 6.00. The molecule has 8 nitrogen and oxygen atoms in total. The van der Waals surface area contributed by atoms with E-state index in [-0.39, 0.29) is 30.2 Å². The molecule has 33 heavy (non-hydrogen) atoms. The average molecular weight is 534 g/mol. The summed E-state index contributed by atoms with van der Waals surface area (Å²) < 4.78 is 5.71. The minimum absolute atomic E-state index is 0.0866. The highest BCUT2D eigenvalue weighted by Gasteiger charge is 2.36. The number of halogens is 1. The van der Waals surface area contributed by atoms with Gasteiger partial charge in [-0.1, -0.05) is 0 Å². The monoisotopic (exact) mass is 533 g/mol. The summed E-state index contributed by atoms with van der Waals surface area (Å²) in [6.07, 6.45) is 1.56. The van der Waals surface area contributed by atoms with Crippen molar-refractivity contribution in [3.05, 3.63) is 50.1 Å². The van der Waals surface area contributed by atoms with Gasteiger partial charge in [-0.15, -0.1) is 11.3 Å². The molecule has 3 heterocycles. The predicted molar refractivity (Wildman–Crippen MR) is 127 cm³/mol. The van der Waals surface area contributed by atoms with Gasteiger partial charge in [-0.25, -0.2) is 4.79 Å². The second kappa shape index (κ2) is 9.64. The van der Waals surface area contributed by atoms with Crippen molar-refractivity contribution in [1.82, 2.24) is 10.2 Å². The molecule has 1 aromatic heterocycles. The zero-order valence-electron chi connectivity index (χ0n) is 18.3. The van der Waals surface area contributed by atoms with Crippen LogP contribution in [0.25, 0.3) is 0 Å². The zero-order valence-corrected chi connectivity index (χ0v) is 20.7. The van der Waals surface area contributed by atoms with Crippen LogP contribution in [0.15, 0.2) is 34.1 Å². The number of benzene rings is 1. The Morgan fingerprint density at radius 1 is 1.21 bits per heavy atom. The van der Waals surface area contributed by atoms with E-state index in [1.807, 2.05) is 13.0 Å². The van der Waals surface area contributed by atoms with E-state index in [1.165, 1.54) is 18.4 Å². The number of aryl methyl sites for hydroxylation is 1. The lowest BCUT2D eigenvalue weighted by molar-refractivity contribution is -0.145. The highest BCUT2D eigenvalue weighted by molar-refractivity contribution is 9.11. The van der Waals surface area contributed by atoms with Crippen LogP contribution in [0.2, 0.25) is 0 Å². The molecule has 2 aliphatic heterocycles. The summed E-state index contributed by atoms with van der Waals surface area (Å²) in [5, 5.41) is 2.92. The quantitative estimate of drug-likeness (QED) is 0.595. The van der Waals surface area contributed by atoms with Gasteiger partial charge in [0.25, 0.3) is 11.8 Å². The van der Waals surface area contributed by atoms with Crippen LogP contribution in [0.5, 0.6) is 0 Å². The first-order valence-corrected chi connectivity index (χ1v) is 12.3. The number of methoxy groups -OCH3 is 1. The fourth-order valence-electron chi connectivity index (χ4n) is 4.35. The SMILES string of the molecule is COC(=O)C1CCCN1C(=O)c1ccc(N2CC(NC(=O)c3ccc(Br)s3)CC2=O)cc1C. The van der Waals surface area contributed by atoms with Crippen LogP contribution in [0.3, 0.4) is 0 Å². The summed E-state index contributed by atoms with van der Waals surface area (Å²) in [4.78, 5) is 54.0. The van der Waals surface area contributed by atoms with E-state index in [4.69, 9.17) is 4.74 Å². The Kier molecular flexibility index (Phi) is 6.85. The lowest BCUT2D eigenvalue weighted by Crippen LogP contribution is -2.41. The number of rotatable bonds is 5. The number of hydrogen-bond donors (Lipinski definition) is 1. The molecular formula is C23H24BrN3O5S. The van der Waals surface area contributed by atoms with Gasteiger partial charge in [-0.3, -0.25) is 14.4 Å². The number of ether oxygens (including phenoxy) is 1. The predicted octanol–water partition coefficient (Wildman–Crippen LogP) is 3.13. The maximum Gasteiger partial charge on any atom is 0.328 e. The maximum atomic E-state index is 13.1. The molecule has 2 unspecified atom stereocenters. The number of amides is 3. The zero-order chi connectivity index (χ0) is 23.7. The molecule has 174 valence electrons. The molecule has 1 aromatic carbocycles. The van der Waals surface area contributed by atoms with Crippen LogP contribution in [0.1, 0.15) is 44.9 Å². The van der Waals surface area contributed by atoms with E-state index in [0.717, 1.165) is 15.8 Å². The van der Waals surface area contributed by atoms with E-state index >= 15 is 0 Å². The Bertz CT molecular complexity index is 1120. The summed E-state index contributed by atoms with van der Waals surface area (Å²) in [6.45, 7) is 2.68. The van der Waals surface area contributed by atoms with Gasteiger partial charge >= 0.3 is 5.97 Å². The number of thiophene rings is 1. The normalized spacial score (nSPS) is 20.3. The van der Waals surface area contributed by atoms with Crippen molar-refractivity contribution in [2.45, 2.75) is 38.3 Å². The average Bonchev–Trinajstić information content (AvgIpc) is 3.52. The van der Waals surface area contributed by atoms with E-state index in [9.17, 15) is 19.2 Å². The number of anilines is 1. The van der Waals surface area contributed by atoms with Gasteiger partial charge in [0, 0.05) is 30.8 Å². The van der Waals surface area contributed by atoms with E-state index in [1.54, 1.807) is 34.1 Å². The summed E-state index contributed by atoms with van der Waals surface area (Å²) >= 11 is 4.69. The third-order valence-corrected chi connectivity index (χ3v) is 7.62. The Labute approximate surface area is 204 Å². The Morgan fingerprint density at radius 2 is 2.00 bits per heavy atom. The molecule has 0 saturated carbocycles. The fraction of sp³-hybridized carbons (Fsp3) is 0.391. The molecular weight excluding hydrogens is 510 g/mol. The van der Waals surface area contributed by atoms with E-state index in [0.29, 0.717) is 35.6 Å². The smallest absolute Gasteiger partial charge is 0.328 e. The number of nitrogens with one attached hydrogen (secondary N) is 1. The molecule has 2 atom stereocenters. The molecule has 0 aliphatic carbocycles. The van der Waals surface area contributed by atoms with Crippen LogP contribution in [0.4, 0.5) is 5.69 Å². The first-order valence-electron chi connectivity index (χ1n) is 10.6. The van der Waals surface area contributed by atoms with Crippen molar-refractivity contribution in [3.8, 4) is 0 Å². The number of carbonyl (C=O) groups is 4. The molecule has 2 saturated heterocycles. The van der Waals surface area contributed by atoms with Crippen molar-refractivity contribution < 1.29 is 23.9 Å². The van der Waals surface area contributed by atoms with Crippen molar-refractivity contribution in [2.24, 2.45) is 0 Å². The number of esters is 1. The molecule has 2 fully saturated rings. The molecule has 2 aliphatic rings. The summed E-state index contributed by atoms with van der Waals surface area (Å²) in [6, 6.07) is 7.93. The maximum absolute atomic E-state index is 13.1. The summed E-state index contributed by atoms with van der Waals surface area (Å²) in [5.74, 6) is -0.905. The summed E-state index contributed by atoms with van der Waals surface area (Å²) in [5.41, 5.74) is 1.89. The van der Waals surface area contributed by atoms with Crippen molar-refractivity contribution in [1.29, 1.82) is 0 Å². The van der Waals surface area contributed by atoms with Gasteiger partial charge in [-0.05, 0) is 71.6 Å². The van der Waals surface area contributed by atoms with Crippen molar-refractivity contribution in [3.63, 3.8) is 0 Å². The number of nitrogens with zero attached hydrogens (tertiary/aromatic N) is 2. The summed E-state index contributed by atoms with van der Waals surface area (Å²) in [7, 11) is 1.32. The lowest BCUT2D eigenvalue weighted by atomic mass is 10.1. The highest BCUT2D eigenvalue weighted by Crippen LogP contribution is 2.28. The second-order valence-electron chi connectivity index (χ2n) is 8.16.